The molecule has 3 rings (SSSR count). The number of aromatic nitrogens is 3. The summed E-state index contributed by atoms with van der Waals surface area (Å²) in [6, 6.07) is 5.60. The lowest BCUT2D eigenvalue weighted by Gasteiger charge is -1.97. The highest BCUT2D eigenvalue weighted by Gasteiger charge is 2.20. The van der Waals surface area contributed by atoms with E-state index in [-0.39, 0.29) is 5.95 Å². The van der Waals surface area contributed by atoms with Crippen molar-refractivity contribution < 1.29 is 4.92 Å². The normalized spacial score (nSPS) is 11.2. The van der Waals surface area contributed by atoms with Crippen molar-refractivity contribution in [1.29, 1.82) is 0 Å². The van der Waals surface area contributed by atoms with Crippen molar-refractivity contribution in [1.82, 2.24) is 14.5 Å². The van der Waals surface area contributed by atoms with Crippen molar-refractivity contribution in [2.24, 2.45) is 7.05 Å². The molecular weight excluding hydrogens is 232 g/mol. The van der Waals surface area contributed by atoms with Gasteiger partial charge in [0.25, 0.3) is 0 Å². The van der Waals surface area contributed by atoms with Gasteiger partial charge in [-0.3, -0.25) is 4.98 Å². The van der Waals surface area contributed by atoms with Crippen LogP contribution in [0.15, 0.2) is 24.4 Å². The molecule has 0 fully saturated rings. The number of aryl methyl sites for hydroxylation is 2. The van der Waals surface area contributed by atoms with Crippen LogP contribution in [0.2, 0.25) is 0 Å². The van der Waals surface area contributed by atoms with Gasteiger partial charge in [-0.05, 0) is 35.6 Å². The molecule has 6 nitrogen and oxygen atoms in total. The fourth-order valence-corrected chi connectivity index (χ4v) is 2.11. The van der Waals surface area contributed by atoms with Gasteiger partial charge in [0.05, 0.1) is 12.6 Å². The predicted octanol–water partition coefficient (Wildman–Crippen LogP) is 2.34. The summed E-state index contributed by atoms with van der Waals surface area (Å²) in [6.45, 7) is 1.93. The molecule has 18 heavy (non-hydrogen) atoms. The Kier molecular flexibility index (Phi) is 2.07. The lowest BCUT2D eigenvalue weighted by atomic mass is 10.1. The minimum absolute atomic E-state index is 0.154. The van der Waals surface area contributed by atoms with Gasteiger partial charge in [-0.1, -0.05) is 4.98 Å². The molecule has 0 radical (unpaired) electrons. The van der Waals surface area contributed by atoms with Crippen LogP contribution in [-0.2, 0) is 7.05 Å². The molecule has 0 aliphatic rings. The molecule has 0 aliphatic carbocycles. The van der Waals surface area contributed by atoms with Crippen LogP contribution < -0.4 is 0 Å². The maximum Gasteiger partial charge on any atom is 0.435 e. The fourth-order valence-electron chi connectivity index (χ4n) is 2.11. The van der Waals surface area contributed by atoms with E-state index in [9.17, 15) is 10.1 Å². The summed E-state index contributed by atoms with van der Waals surface area (Å²) in [5.74, 6) is -0.154. The third-order valence-electron chi connectivity index (χ3n) is 2.99. The minimum atomic E-state index is -0.477. The highest BCUT2D eigenvalue weighted by atomic mass is 16.6. The Balaban J connectivity index is 2.50. The van der Waals surface area contributed by atoms with Crippen LogP contribution in [0.4, 0.5) is 5.95 Å². The molecule has 1 aromatic carbocycles. The lowest BCUT2D eigenvalue weighted by Crippen LogP contribution is -1.97. The number of hydrogen-bond acceptors (Lipinski definition) is 4. The van der Waals surface area contributed by atoms with Crippen LogP contribution in [0.1, 0.15) is 5.56 Å². The maximum absolute atomic E-state index is 10.9. The Hall–Kier alpha value is -2.50. The molecule has 6 heteroatoms. The second-order valence-electron chi connectivity index (χ2n) is 4.24. The molecule has 2 aromatic heterocycles. The summed E-state index contributed by atoms with van der Waals surface area (Å²) in [4.78, 5) is 18.8. The fraction of sp³-hybridized carbons (Fsp3) is 0.167. The SMILES string of the molecule is Cc1cnc2ccc3c(nc([N+](=O)[O-])n3C)c2c1. The largest absolute Gasteiger partial charge is 0.435 e. The Bertz CT molecular complexity index is 791. The zero-order valence-electron chi connectivity index (χ0n) is 9.91. The molecule has 2 heterocycles. The van der Waals surface area contributed by atoms with Crippen LogP contribution in [0.3, 0.4) is 0 Å². The van der Waals surface area contributed by atoms with Gasteiger partial charge in [0.1, 0.15) is 5.52 Å². The van der Waals surface area contributed by atoms with E-state index in [1.807, 2.05) is 19.1 Å². The second kappa shape index (κ2) is 3.49. The van der Waals surface area contributed by atoms with Crippen molar-refractivity contribution in [3.05, 3.63) is 40.1 Å². The standard InChI is InChI=1S/C12H10N4O2/c1-7-5-8-9(13-6-7)3-4-10-11(8)14-12(15(10)2)16(17)18/h3-6H,1-2H3. The van der Waals surface area contributed by atoms with Crippen LogP contribution in [0.5, 0.6) is 0 Å². The average molecular weight is 242 g/mol. The Morgan fingerprint density at radius 2 is 2.17 bits per heavy atom. The summed E-state index contributed by atoms with van der Waals surface area (Å²) in [7, 11) is 1.64. The summed E-state index contributed by atoms with van der Waals surface area (Å²) in [5.41, 5.74) is 3.16. The molecule has 0 spiro atoms. The smallest absolute Gasteiger partial charge is 0.390 e. The lowest BCUT2D eigenvalue weighted by molar-refractivity contribution is -0.396. The summed E-state index contributed by atoms with van der Waals surface area (Å²) in [6.07, 6.45) is 1.77. The van der Waals surface area contributed by atoms with Gasteiger partial charge in [-0.15, -0.1) is 0 Å². The number of imidazole rings is 1. The van der Waals surface area contributed by atoms with Gasteiger partial charge in [-0.25, -0.2) is 4.57 Å². The van der Waals surface area contributed by atoms with Crippen molar-refractivity contribution in [3.8, 4) is 0 Å². The third-order valence-corrected chi connectivity index (χ3v) is 2.99. The number of rotatable bonds is 1. The van der Waals surface area contributed by atoms with E-state index in [0.29, 0.717) is 5.52 Å². The van der Waals surface area contributed by atoms with Gasteiger partial charge < -0.3 is 10.1 Å². The molecule has 0 bridgehead atoms. The molecule has 0 N–H and O–H groups in total. The number of nitrogens with zero attached hydrogens (tertiary/aromatic N) is 4. The van der Waals surface area contributed by atoms with Gasteiger partial charge in [-0.2, -0.15) is 0 Å². The number of nitro groups is 1. The molecule has 3 aromatic rings. The number of fused-ring (bicyclic) bond motifs is 3. The number of hydrogen-bond donors (Lipinski definition) is 0. The van der Waals surface area contributed by atoms with Gasteiger partial charge >= 0.3 is 5.95 Å². The van der Waals surface area contributed by atoms with E-state index < -0.39 is 4.92 Å². The Morgan fingerprint density at radius 3 is 2.89 bits per heavy atom. The molecule has 0 atom stereocenters. The highest BCUT2D eigenvalue weighted by Crippen LogP contribution is 2.27. The van der Waals surface area contributed by atoms with Crippen molar-refractivity contribution in [3.63, 3.8) is 0 Å². The van der Waals surface area contributed by atoms with Crippen molar-refractivity contribution in [2.45, 2.75) is 6.92 Å². The number of benzene rings is 1. The van der Waals surface area contributed by atoms with E-state index in [4.69, 9.17) is 0 Å². The zero-order valence-corrected chi connectivity index (χ0v) is 9.91. The molecule has 0 aliphatic heterocycles. The van der Waals surface area contributed by atoms with Crippen LogP contribution >= 0.6 is 0 Å². The average Bonchev–Trinajstić information content (AvgIpc) is 2.67. The molecule has 0 amide bonds. The topological polar surface area (TPSA) is 73.8 Å². The van der Waals surface area contributed by atoms with Gasteiger partial charge in [0, 0.05) is 11.6 Å². The van der Waals surface area contributed by atoms with Crippen molar-refractivity contribution in [2.75, 3.05) is 0 Å². The quantitative estimate of drug-likeness (QED) is 0.485. The summed E-state index contributed by atoms with van der Waals surface area (Å²) in [5, 5.41) is 11.7. The summed E-state index contributed by atoms with van der Waals surface area (Å²) >= 11 is 0. The molecule has 0 unspecified atom stereocenters. The first-order valence-corrected chi connectivity index (χ1v) is 5.44. The molecule has 90 valence electrons. The number of pyridine rings is 1. The van der Waals surface area contributed by atoms with E-state index in [1.165, 1.54) is 4.57 Å². The van der Waals surface area contributed by atoms with Crippen LogP contribution in [0.25, 0.3) is 21.9 Å². The predicted molar refractivity (Wildman–Crippen MR) is 67.4 cm³/mol. The molecule has 0 saturated carbocycles. The third kappa shape index (κ3) is 1.35. The van der Waals surface area contributed by atoms with Crippen LogP contribution in [-0.4, -0.2) is 19.5 Å². The zero-order chi connectivity index (χ0) is 12.9. The molecular formula is C12H10N4O2. The van der Waals surface area contributed by atoms with E-state index in [0.717, 1.165) is 22.0 Å². The maximum atomic E-state index is 10.9. The first-order valence-electron chi connectivity index (χ1n) is 5.44. The summed E-state index contributed by atoms with van der Waals surface area (Å²) < 4.78 is 1.48. The Labute approximate surface area is 102 Å². The monoisotopic (exact) mass is 242 g/mol. The van der Waals surface area contributed by atoms with Crippen LogP contribution in [0, 0.1) is 17.0 Å². The van der Waals surface area contributed by atoms with E-state index in [1.54, 1.807) is 19.3 Å². The highest BCUT2D eigenvalue weighted by molar-refractivity contribution is 6.03. The van der Waals surface area contributed by atoms with Gasteiger partial charge in [0.2, 0.25) is 0 Å². The molecule has 0 saturated heterocycles. The van der Waals surface area contributed by atoms with E-state index in [2.05, 4.69) is 9.97 Å². The van der Waals surface area contributed by atoms with Gasteiger partial charge in [0.15, 0.2) is 5.52 Å². The minimum Gasteiger partial charge on any atom is -0.390 e. The first kappa shape index (κ1) is 10.6. The Morgan fingerprint density at radius 1 is 1.39 bits per heavy atom. The van der Waals surface area contributed by atoms with Crippen molar-refractivity contribution >= 4 is 27.9 Å². The first-order chi connectivity index (χ1) is 8.58. The second-order valence-corrected chi connectivity index (χ2v) is 4.24. The van der Waals surface area contributed by atoms with E-state index >= 15 is 0 Å².